The second-order valence-electron chi connectivity index (χ2n) is 6.90. The highest BCUT2D eigenvalue weighted by atomic mass is 35.5. The number of aromatic nitrogens is 1. The first-order chi connectivity index (χ1) is 14.6. The molecule has 1 aliphatic rings. The van der Waals surface area contributed by atoms with Crippen molar-refractivity contribution in [1.29, 1.82) is 0 Å². The summed E-state index contributed by atoms with van der Waals surface area (Å²) in [7, 11) is 1.63. The smallest absolute Gasteiger partial charge is 0.174 e. The minimum Gasteiger partial charge on any atom is -0.490 e. The molecular formula is C22H22ClN3O3S. The molecular weight excluding hydrogens is 422 g/mol. The topological polar surface area (TPSA) is 59.8 Å². The van der Waals surface area contributed by atoms with Gasteiger partial charge in [-0.3, -0.25) is 4.98 Å². The normalized spacial score (nSPS) is 18.5. The Hall–Kier alpha value is -2.61. The van der Waals surface area contributed by atoms with Crippen LogP contribution in [0.25, 0.3) is 0 Å². The molecule has 4 rings (SSSR count). The summed E-state index contributed by atoms with van der Waals surface area (Å²) in [6.07, 6.45) is 1.77. The van der Waals surface area contributed by atoms with Crippen molar-refractivity contribution in [2.45, 2.75) is 19.0 Å². The van der Waals surface area contributed by atoms with E-state index in [0.717, 1.165) is 22.9 Å². The number of furan rings is 1. The molecule has 1 N–H and O–H groups in total. The zero-order valence-electron chi connectivity index (χ0n) is 16.7. The summed E-state index contributed by atoms with van der Waals surface area (Å²) in [6.45, 7) is 2.84. The van der Waals surface area contributed by atoms with Gasteiger partial charge in [0.1, 0.15) is 29.9 Å². The molecule has 0 radical (unpaired) electrons. The van der Waals surface area contributed by atoms with Gasteiger partial charge < -0.3 is 24.1 Å². The molecule has 2 aromatic heterocycles. The van der Waals surface area contributed by atoms with Gasteiger partial charge in [-0.05, 0) is 61.6 Å². The molecule has 1 fully saturated rings. The van der Waals surface area contributed by atoms with Crippen molar-refractivity contribution in [3.8, 4) is 5.75 Å². The van der Waals surface area contributed by atoms with Crippen LogP contribution in [0.2, 0.25) is 5.02 Å². The number of anilines is 1. The number of methoxy groups -OCH3 is 1. The fourth-order valence-corrected chi connectivity index (χ4v) is 4.10. The minimum atomic E-state index is -0.211. The first-order valence-electron chi connectivity index (χ1n) is 9.57. The highest BCUT2D eigenvalue weighted by Gasteiger charge is 2.42. The summed E-state index contributed by atoms with van der Waals surface area (Å²) in [4.78, 5) is 6.54. The Morgan fingerprint density at radius 1 is 1.20 bits per heavy atom. The third-order valence-electron chi connectivity index (χ3n) is 4.89. The Bertz CT molecular complexity index is 1030. The van der Waals surface area contributed by atoms with E-state index < -0.39 is 0 Å². The van der Waals surface area contributed by atoms with E-state index in [2.05, 4.69) is 10.3 Å². The van der Waals surface area contributed by atoms with Crippen LogP contribution in [-0.4, -0.2) is 30.4 Å². The van der Waals surface area contributed by atoms with E-state index in [4.69, 9.17) is 37.7 Å². The van der Waals surface area contributed by atoms with Crippen LogP contribution in [0.5, 0.6) is 5.75 Å². The molecule has 156 valence electrons. The van der Waals surface area contributed by atoms with E-state index in [1.807, 2.05) is 60.4 Å². The second-order valence-corrected chi connectivity index (χ2v) is 7.69. The molecule has 0 bridgehead atoms. The van der Waals surface area contributed by atoms with Gasteiger partial charge in [0.25, 0.3) is 0 Å². The van der Waals surface area contributed by atoms with E-state index in [-0.39, 0.29) is 12.1 Å². The number of thiocarbonyl (C=S) groups is 1. The molecule has 1 saturated heterocycles. The number of pyridine rings is 1. The van der Waals surface area contributed by atoms with Crippen molar-refractivity contribution in [1.82, 2.24) is 10.3 Å². The fraction of sp³-hybridized carbons (Fsp3) is 0.273. The largest absolute Gasteiger partial charge is 0.490 e. The van der Waals surface area contributed by atoms with Gasteiger partial charge in [0.2, 0.25) is 0 Å². The molecule has 0 saturated carbocycles. The first-order valence-corrected chi connectivity index (χ1v) is 10.4. The number of nitrogens with zero attached hydrogens (tertiary/aromatic N) is 2. The maximum absolute atomic E-state index is 6.49. The molecule has 3 heterocycles. The molecule has 0 spiro atoms. The fourth-order valence-electron chi connectivity index (χ4n) is 3.53. The number of hydrogen-bond donors (Lipinski definition) is 1. The number of halogens is 1. The first kappa shape index (κ1) is 20.7. The standard InChI is InChI=1S/C22H22ClN3O3S/c1-14-6-8-19(29-14)21-20(17-5-3-4-10-24-17)25-22(30)26(21)15-7-9-18(16(23)13-15)28-12-11-27-2/h3-10,13,20-21H,11-12H2,1-2H3,(H,25,30)/t20-,21-/m0/s1. The lowest BCUT2D eigenvalue weighted by Crippen LogP contribution is -2.29. The van der Waals surface area contributed by atoms with Crippen LogP contribution < -0.4 is 15.0 Å². The van der Waals surface area contributed by atoms with Gasteiger partial charge in [0, 0.05) is 19.0 Å². The van der Waals surface area contributed by atoms with Crippen molar-refractivity contribution < 1.29 is 13.9 Å². The highest BCUT2D eigenvalue weighted by Crippen LogP contribution is 2.43. The number of ether oxygens (including phenoxy) is 2. The number of benzene rings is 1. The summed E-state index contributed by atoms with van der Waals surface area (Å²) in [5, 5.41) is 4.48. The monoisotopic (exact) mass is 443 g/mol. The summed E-state index contributed by atoms with van der Waals surface area (Å²) < 4.78 is 16.7. The zero-order valence-corrected chi connectivity index (χ0v) is 18.2. The molecule has 1 aliphatic heterocycles. The van der Waals surface area contributed by atoms with E-state index in [0.29, 0.717) is 29.1 Å². The zero-order chi connectivity index (χ0) is 21.1. The number of nitrogens with one attached hydrogen (secondary N) is 1. The molecule has 3 aromatic rings. The van der Waals surface area contributed by atoms with Crippen LogP contribution >= 0.6 is 23.8 Å². The van der Waals surface area contributed by atoms with E-state index >= 15 is 0 Å². The average Bonchev–Trinajstić information content (AvgIpc) is 3.33. The van der Waals surface area contributed by atoms with Crippen molar-refractivity contribution in [2.75, 3.05) is 25.2 Å². The predicted octanol–water partition coefficient (Wildman–Crippen LogP) is 4.84. The minimum absolute atomic E-state index is 0.166. The number of rotatable bonds is 7. The van der Waals surface area contributed by atoms with E-state index in [1.54, 1.807) is 13.3 Å². The van der Waals surface area contributed by atoms with Crippen molar-refractivity contribution in [3.63, 3.8) is 0 Å². The second kappa shape index (κ2) is 9.04. The van der Waals surface area contributed by atoms with Gasteiger partial charge in [-0.1, -0.05) is 17.7 Å². The lowest BCUT2D eigenvalue weighted by Gasteiger charge is -2.26. The third-order valence-corrected chi connectivity index (χ3v) is 5.50. The van der Waals surface area contributed by atoms with Gasteiger partial charge in [0.05, 0.1) is 23.4 Å². The number of aryl methyl sites for hydroxylation is 1. The summed E-state index contributed by atoms with van der Waals surface area (Å²) in [5.41, 5.74) is 1.72. The summed E-state index contributed by atoms with van der Waals surface area (Å²) >= 11 is 12.2. The lowest BCUT2D eigenvalue weighted by atomic mass is 10.0. The van der Waals surface area contributed by atoms with E-state index in [1.165, 1.54) is 0 Å². The van der Waals surface area contributed by atoms with Gasteiger partial charge >= 0.3 is 0 Å². The maximum atomic E-state index is 6.49. The van der Waals surface area contributed by atoms with Gasteiger partial charge in [-0.15, -0.1) is 0 Å². The summed E-state index contributed by atoms with van der Waals surface area (Å²) in [5.74, 6) is 2.23. The predicted molar refractivity (Wildman–Crippen MR) is 120 cm³/mol. The van der Waals surface area contributed by atoms with Crippen LogP contribution in [0.15, 0.2) is 59.1 Å². The van der Waals surface area contributed by atoms with Crippen LogP contribution in [0.1, 0.15) is 29.3 Å². The Labute approximate surface area is 185 Å². The Kier molecular flexibility index (Phi) is 6.22. The SMILES string of the molecule is COCCOc1ccc(N2C(=S)N[C@@H](c3ccccn3)[C@@H]2c2ccc(C)o2)cc1Cl. The average molecular weight is 444 g/mol. The summed E-state index contributed by atoms with van der Waals surface area (Å²) in [6, 6.07) is 15.0. The van der Waals surface area contributed by atoms with Gasteiger partial charge in [-0.25, -0.2) is 0 Å². The maximum Gasteiger partial charge on any atom is 0.174 e. The molecule has 0 unspecified atom stereocenters. The molecule has 2 atom stereocenters. The van der Waals surface area contributed by atoms with Crippen LogP contribution in [0, 0.1) is 6.92 Å². The van der Waals surface area contributed by atoms with E-state index in [9.17, 15) is 0 Å². The molecule has 0 aliphatic carbocycles. The van der Waals surface area contributed by atoms with Crippen LogP contribution in [0.3, 0.4) is 0 Å². The van der Waals surface area contributed by atoms with Crippen molar-refractivity contribution in [3.05, 3.63) is 77.0 Å². The van der Waals surface area contributed by atoms with Gasteiger partial charge in [-0.2, -0.15) is 0 Å². The third kappa shape index (κ3) is 4.14. The number of hydrogen-bond acceptors (Lipinski definition) is 5. The highest BCUT2D eigenvalue weighted by molar-refractivity contribution is 7.80. The lowest BCUT2D eigenvalue weighted by molar-refractivity contribution is 0.146. The molecule has 6 nitrogen and oxygen atoms in total. The Morgan fingerprint density at radius 3 is 2.73 bits per heavy atom. The van der Waals surface area contributed by atoms with Crippen molar-refractivity contribution >= 4 is 34.6 Å². The van der Waals surface area contributed by atoms with Crippen LogP contribution in [0.4, 0.5) is 5.69 Å². The van der Waals surface area contributed by atoms with Gasteiger partial charge in [0.15, 0.2) is 5.11 Å². The Morgan fingerprint density at radius 2 is 2.07 bits per heavy atom. The Balaban J connectivity index is 1.70. The quantitative estimate of drug-likeness (QED) is 0.414. The molecule has 0 amide bonds. The molecule has 1 aromatic carbocycles. The molecule has 30 heavy (non-hydrogen) atoms. The van der Waals surface area contributed by atoms with Crippen molar-refractivity contribution in [2.24, 2.45) is 0 Å². The molecule has 8 heteroatoms. The van der Waals surface area contributed by atoms with Crippen LogP contribution in [-0.2, 0) is 4.74 Å².